The second kappa shape index (κ2) is 49.0. The second-order valence-electron chi connectivity index (χ2n) is 18.8. The van der Waals surface area contributed by atoms with E-state index in [9.17, 15) is 20.1 Å². The molecule has 1 amide bonds. The minimum absolute atomic E-state index is 0.307. The minimum atomic E-state index is -1.07. The maximum Gasteiger partial charge on any atom is 0.249 e. The molecule has 0 rings (SSSR count). The Balaban J connectivity index is 3.51. The molecule has 348 valence electrons. The first kappa shape index (κ1) is 57.3. The summed E-state index contributed by atoms with van der Waals surface area (Å²) in [6.07, 6.45) is 58.5. The summed E-state index contributed by atoms with van der Waals surface area (Å²) in [5.74, 6) is -0.462. The lowest BCUT2D eigenvalue weighted by Gasteiger charge is -2.23. The summed E-state index contributed by atoms with van der Waals surface area (Å²) < 4.78 is 0. The molecule has 5 heteroatoms. The van der Waals surface area contributed by atoms with Crippen LogP contribution in [0.15, 0.2) is 0 Å². The molecule has 0 saturated carbocycles. The van der Waals surface area contributed by atoms with Crippen molar-refractivity contribution in [2.45, 2.75) is 327 Å². The van der Waals surface area contributed by atoms with E-state index in [2.05, 4.69) is 19.2 Å². The van der Waals surface area contributed by atoms with Crippen molar-refractivity contribution in [2.24, 2.45) is 0 Å². The number of aliphatic hydroxyl groups excluding tert-OH is 3. The number of hydrogen-bond donors (Lipinski definition) is 4. The van der Waals surface area contributed by atoms with E-state index in [1.165, 1.54) is 250 Å². The van der Waals surface area contributed by atoms with Gasteiger partial charge < -0.3 is 20.6 Å². The van der Waals surface area contributed by atoms with Crippen LogP contribution in [-0.4, -0.2) is 46.1 Å². The lowest BCUT2D eigenvalue weighted by molar-refractivity contribution is -0.131. The van der Waals surface area contributed by atoms with Crippen molar-refractivity contribution in [1.29, 1.82) is 0 Å². The van der Waals surface area contributed by atoms with E-state index in [-0.39, 0.29) is 6.61 Å². The molecule has 0 radical (unpaired) electrons. The Morgan fingerprint density at radius 1 is 0.345 bits per heavy atom. The smallest absolute Gasteiger partial charge is 0.249 e. The molecule has 0 saturated heterocycles. The fraction of sp³-hybridized carbons (Fsp3) is 0.981. The van der Waals surface area contributed by atoms with E-state index in [1.54, 1.807) is 0 Å². The molecule has 0 bridgehead atoms. The van der Waals surface area contributed by atoms with Crippen LogP contribution in [-0.2, 0) is 4.79 Å². The lowest BCUT2D eigenvalue weighted by atomic mass is 10.0. The maximum absolute atomic E-state index is 12.6. The number of rotatable bonds is 50. The monoisotopic (exact) mass is 822 g/mol. The van der Waals surface area contributed by atoms with Gasteiger partial charge in [0.15, 0.2) is 0 Å². The average molecular weight is 822 g/mol. The van der Waals surface area contributed by atoms with Gasteiger partial charge in [-0.25, -0.2) is 0 Å². The summed E-state index contributed by atoms with van der Waals surface area (Å²) in [5, 5.41) is 33.5. The molecule has 3 unspecified atom stereocenters. The average Bonchev–Trinajstić information content (AvgIpc) is 3.23. The van der Waals surface area contributed by atoms with E-state index in [1.807, 2.05) is 0 Å². The number of unbranched alkanes of at least 4 members (excludes halogenated alkanes) is 42. The summed E-state index contributed by atoms with van der Waals surface area (Å²) in [4.78, 5) is 12.6. The van der Waals surface area contributed by atoms with Crippen molar-refractivity contribution in [3.05, 3.63) is 0 Å². The fourth-order valence-corrected chi connectivity index (χ4v) is 8.78. The van der Waals surface area contributed by atoms with Crippen LogP contribution in [0.1, 0.15) is 309 Å². The molecule has 0 aliphatic rings. The summed E-state index contributed by atoms with van der Waals surface area (Å²) in [6.45, 7) is 4.27. The highest BCUT2D eigenvalue weighted by molar-refractivity contribution is 5.80. The van der Waals surface area contributed by atoms with Gasteiger partial charge in [-0.2, -0.15) is 0 Å². The third-order valence-corrected chi connectivity index (χ3v) is 13.0. The Hall–Kier alpha value is -0.650. The Labute approximate surface area is 364 Å². The molecule has 0 spiro atoms. The highest BCUT2D eigenvalue weighted by atomic mass is 16.3. The van der Waals surface area contributed by atoms with E-state index in [0.29, 0.717) is 12.8 Å². The molecule has 0 aliphatic carbocycles. The lowest BCUT2D eigenvalue weighted by Crippen LogP contribution is -2.49. The standard InChI is InChI=1S/C53H107NO4/c1-3-5-7-9-11-13-15-17-19-21-23-25-26-27-28-30-32-34-36-38-40-42-44-46-48-52(57)53(58)54-50(49-55)51(56)47-45-43-41-39-37-35-33-31-29-24-22-20-18-16-14-12-10-8-6-4-2/h50-52,55-57H,3-49H2,1-2H3,(H,54,58). The summed E-state index contributed by atoms with van der Waals surface area (Å²) in [7, 11) is 0. The first-order valence-corrected chi connectivity index (χ1v) is 26.8. The normalized spacial score (nSPS) is 13.3. The number of amides is 1. The summed E-state index contributed by atoms with van der Waals surface area (Å²) in [5.41, 5.74) is 0. The Morgan fingerprint density at radius 2 is 0.552 bits per heavy atom. The zero-order valence-corrected chi connectivity index (χ0v) is 39.7. The van der Waals surface area contributed by atoms with Gasteiger partial charge in [0.05, 0.1) is 18.8 Å². The zero-order chi connectivity index (χ0) is 42.3. The van der Waals surface area contributed by atoms with E-state index in [0.717, 1.165) is 32.1 Å². The van der Waals surface area contributed by atoms with Crippen LogP contribution in [0, 0.1) is 0 Å². The van der Waals surface area contributed by atoms with Crippen LogP contribution in [0.3, 0.4) is 0 Å². The number of aliphatic hydroxyl groups is 3. The van der Waals surface area contributed by atoms with E-state index in [4.69, 9.17) is 0 Å². The topological polar surface area (TPSA) is 89.8 Å². The van der Waals surface area contributed by atoms with Gasteiger partial charge in [-0.05, 0) is 12.8 Å². The van der Waals surface area contributed by atoms with Gasteiger partial charge >= 0.3 is 0 Å². The highest BCUT2D eigenvalue weighted by Crippen LogP contribution is 2.18. The molecular formula is C53H107NO4. The fourth-order valence-electron chi connectivity index (χ4n) is 8.78. The number of hydrogen-bond acceptors (Lipinski definition) is 4. The number of carbonyl (C=O) groups is 1. The number of nitrogens with one attached hydrogen (secondary N) is 1. The first-order chi connectivity index (χ1) is 28.6. The van der Waals surface area contributed by atoms with Crippen molar-refractivity contribution < 1.29 is 20.1 Å². The highest BCUT2D eigenvalue weighted by Gasteiger charge is 2.23. The van der Waals surface area contributed by atoms with Crippen molar-refractivity contribution in [3.8, 4) is 0 Å². The van der Waals surface area contributed by atoms with Gasteiger partial charge in [-0.3, -0.25) is 4.79 Å². The van der Waals surface area contributed by atoms with Gasteiger partial charge in [0.2, 0.25) is 5.91 Å². The van der Waals surface area contributed by atoms with Crippen LogP contribution in [0.4, 0.5) is 0 Å². The molecular weight excluding hydrogens is 715 g/mol. The van der Waals surface area contributed by atoms with Gasteiger partial charge in [-0.1, -0.05) is 296 Å². The predicted octanol–water partition coefficient (Wildman–Crippen LogP) is 16.2. The summed E-state index contributed by atoms with van der Waals surface area (Å²) in [6, 6.07) is -0.707. The van der Waals surface area contributed by atoms with E-state index >= 15 is 0 Å². The molecule has 5 nitrogen and oxygen atoms in total. The molecule has 58 heavy (non-hydrogen) atoms. The number of carbonyl (C=O) groups excluding carboxylic acids is 1. The Morgan fingerprint density at radius 3 is 0.776 bits per heavy atom. The van der Waals surface area contributed by atoms with Crippen LogP contribution in [0.2, 0.25) is 0 Å². The Bertz CT molecular complexity index is 777. The summed E-state index contributed by atoms with van der Waals surface area (Å²) >= 11 is 0. The third kappa shape index (κ3) is 43.4. The van der Waals surface area contributed by atoms with Gasteiger partial charge in [0.25, 0.3) is 0 Å². The molecule has 4 N–H and O–H groups in total. The van der Waals surface area contributed by atoms with Gasteiger partial charge in [-0.15, -0.1) is 0 Å². The third-order valence-electron chi connectivity index (χ3n) is 13.0. The minimum Gasteiger partial charge on any atom is -0.394 e. The molecule has 3 atom stereocenters. The molecule has 0 aromatic rings. The first-order valence-electron chi connectivity index (χ1n) is 26.8. The quantitative estimate of drug-likeness (QED) is 0.0460. The van der Waals surface area contributed by atoms with Crippen molar-refractivity contribution in [3.63, 3.8) is 0 Å². The van der Waals surface area contributed by atoms with Crippen LogP contribution in [0.25, 0.3) is 0 Å². The van der Waals surface area contributed by atoms with Crippen LogP contribution < -0.4 is 5.32 Å². The Kier molecular flexibility index (Phi) is 48.5. The predicted molar refractivity (Wildman–Crippen MR) is 255 cm³/mol. The SMILES string of the molecule is CCCCCCCCCCCCCCCCCCCCCCCCCCC(O)C(=O)NC(CO)C(O)CCCCCCCCCCCCCCCCCCCCCC. The van der Waals surface area contributed by atoms with Gasteiger partial charge in [0.1, 0.15) is 6.10 Å². The molecule has 0 fully saturated rings. The molecule has 0 aromatic carbocycles. The molecule has 0 heterocycles. The van der Waals surface area contributed by atoms with Crippen molar-refractivity contribution >= 4 is 5.91 Å². The largest absolute Gasteiger partial charge is 0.394 e. The molecule has 0 aromatic heterocycles. The zero-order valence-electron chi connectivity index (χ0n) is 39.7. The van der Waals surface area contributed by atoms with Crippen LogP contribution in [0.5, 0.6) is 0 Å². The van der Waals surface area contributed by atoms with Crippen molar-refractivity contribution in [2.75, 3.05) is 6.61 Å². The van der Waals surface area contributed by atoms with Crippen LogP contribution >= 0.6 is 0 Å². The van der Waals surface area contributed by atoms with Crippen molar-refractivity contribution in [1.82, 2.24) is 5.32 Å². The van der Waals surface area contributed by atoms with Gasteiger partial charge in [0, 0.05) is 0 Å². The maximum atomic E-state index is 12.6. The second-order valence-corrected chi connectivity index (χ2v) is 18.8. The van der Waals surface area contributed by atoms with E-state index < -0.39 is 24.2 Å². The molecule has 0 aliphatic heterocycles.